The van der Waals surface area contributed by atoms with Gasteiger partial charge in [0.25, 0.3) is 5.56 Å². The SMILES string of the molecule is Cc1ccc(Cc2c(C)nc(SCCCC(=O)N3CCOCC3)n(C)c2=O)cc1. The molecular formula is C22H29N3O3S. The fourth-order valence-corrected chi connectivity index (χ4v) is 4.28. The lowest BCUT2D eigenvalue weighted by Crippen LogP contribution is -2.40. The molecule has 1 aromatic carbocycles. The van der Waals surface area contributed by atoms with Crippen molar-refractivity contribution in [2.45, 2.75) is 38.3 Å². The normalized spacial score (nSPS) is 14.2. The molecular weight excluding hydrogens is 386 g/mol. The minimum absolute atomic E-state index is 0.00460. The molecule has 1 fully saturated rings. The Hall–Kier alpha value is -2.12. The van der Waals surface area contributed by atoms with E-state index >= 15 is 0 Å². The standard InChI is InChI=1S/C22H29N3O3S/c1-16-6-8-18(9-7-16)15-19-17(2)23-22(24(3)21(19)27)29-14-4-5-20(26)25-10-12-28-13-11-25/h6-9H,4-5,10-15H2,1-3H3. The van der Waals surface area contributed by atoms with E-state index in [0.717, 1.165) is 29.0 Å². The van der Waals surface area contributed by atoms with E-state index in [0.29, 0.717) is 44.3 Å². The van der Waals surface area contributed by atoms with Gasteiger partial charge in [-0.05, 0) is 25.8 Å². The molecule has 0 aliphatic carbocycles. The summed E-state index contributed by atoms with van der Waals surface area (Å²) in [5.41, 5.74) is 3.84. The van der Waals surface area contributed by atoms with E-state index in [4.69, 9.17) is 4.74 Å². The minimum Gasteiger partial charge on any atom is -0.378 e. The summed E-state index contributed by atoms with van der Waals surface area (Å²) in [4.78, 5) is 31.6. The molecule has 156 valence electrons. The van der Waals surface area contributed by atoms with Crippen LogP contribution in [0.2, 0.25) is 0 Å². The Morgan fingerprint density at radius 3 is 2.55 bits per heavy atom. The fourth-order valence-electron chi connectivity index (χ4n) is 3.33. The number of hydrogen-bond acceptors (Lipinski definition) is 5. The maximum Gasteiger partial charge on any atom is 0.257 e. The first-order valence-corrected chi connectivity index (χ1v) is 11.0. The number of rotatable bonds is 7. The van der Waals surface area contributed by atoms with E-state index < -0.39 is 0 Å². The number of carbonyl (C=O) groups excluding carboxylic acids is 1. The third-order valence-corrected chi connectivity index (χ3v) is 6.30. The van der Waals surface area contributed by atoms with Crippen LogP contribution in [0.25, 0.3) is 0 Å². The fraction of sp³-hybridized carbons (Fsp3) is 0.500. The first kappa shape index (κ1) is 21.6. The van der Waals surface area contributed by atoms with Gasteiger partial charge in [-0.3, -0.25) is 14.2 Å². The highest BCUT2D eigenvalue weighted by atomic mass is 32.2. The van der Waals surface area contributed by atoms with E-state index in [9.17, 15) is 9.59 Å². The maximum atomic E-state index is 12.9. The summed E-state index contributed by atoms with van der Waals surface area (Å²) in [6, 6.07) is 8.24. The Bertz CT molecular complexity index is 903. The van der Waals surface area contributed by atoms with Crippen molar-refractivity contribution in [3.8, 4) is 0 Å². The molecule has 3 rings (SSSR count). The quantitative estimate of drug-likeness (QED) is 0.395. The Balaban J connectivity index is 1.58. The highest BCUT2D eigenvalue weighted by Gasteiger charge is 2.17. The zero-order valence-corrected chi connectivity index (χ0v) is 18.3. The van der Waals surface area contributed by atoms with Crippen LogP contribution >= 0.6 is 11.8 Å². The Morgan fingerprint density at radius 1 is 1.17 bits per heavy atom. The number of thioether (sulfide) groups is 1. The Morgan fingerprint density at radius 2 is 1.86 bits per heavy atom. The lowest BCUT2D eigenvalue weighted by molar-refractivity contribution is -0.135. The number of nitrogens with zero attached hydrogens (tertiary/aromatic N) is 3. The Kier molecular flexibility index (Phi) is 7.50. The van der Waals surface area contributed by atoms with Crippen molar-refractivity contribution in [1.82, 2.24) is 14.5 Å². The van der Waals surface area contributed by atoms with Crippen molar-refractivity contribution in [2.24, 2.45) is 7.05 Å². The van der Waals surface area contributed by atoms with Gasteiger partial charge >= 0.3 is 0 Å². The van der Waals surface area contributed by atoms with Gasteiger partial charge in [-0.1, -0.05) is 41.6 Å². The molecule has 7 heteroatoms. The predicted molar refractivity (Wildman–Crippen MR) is 116 cm³/mol. The van der Waals surface area contributed by atoms with Crippen LogP contribution in [0.5, 0.6) is 0 Å². The average Bonchev–Trinajstić information content (AvgIpc) is 2.73. The molecule has 0 atom stereocenters. The second-order valence-electron chi connectivity index (χ2n) is 7.43. The molecule has 1 amide bonds. The first-order valence-electron chi connectivity index (χ1n) is 10.1. The molecule has 1 aromatic heterocycles. The summed E-state index contributed by atoms with van der Waals surface area (Å²) in [7, 11) is 1.77. The summed E-state index contributed by atoms with van der Waals surface area (Å²) in [6.07, 6.45) is 1.87. The van der Waals surface area contributed by atoms with Crippen molar-refractivity contribution in [1.29, 1.82) is 0 Å². The van der Waals surface area contributed by atoms with Crippen LogP contribution < -0.4 is 5.56 Å². The molecule has 0 saturated carbocycles. The van der Waals surface area contributed by atoms with Gasteiger partial charge in [0.05, 0.1) is 13.2 Å². The van der Waals surface area contributed by atoms with Crippen LogP contribution in [-0.4, -0.2) is 52.4 Å². The van der Waals surface area contributed by atoms with E-state index in [1.54, 1.807) is 11.6 Å². The van der Waals surface area contributed by atoms with Crippen molar-refractivity contribution in [2.75, 3.05) is 32.1 Å². The molecule has 6 nitrogen and oxygen atoms in total. The van der Waals surface area contributed by atoms with Crippen LogP contribution in [0.3, 0.4) is 0 Å². The summed E-state index contributed by atoms with van der Waals surface area (Å²) in [6.45, 7) is 6.57. The van der Waals surface area contributed by atoms with Gasteiger partial charge in [0.1, 0.15) is 0 Å². The van der Waals surface area contributed by atoms with Crippen LogP contribution in [0.4, 0.5) is 0 Å². The number of carbonyl (C=O) groups is 1. The molecule has 1 aliphatic heterocycles. The lowest BCUT2D eigenvalue weighted by atomic mass is 10.0. The molecule has 0 bridgehead atoms. The van der Waals surface area contributed by atoms with Gasteiger partial charge in [-0.15, -0.1) is 0 Å². The number of aryl methyl sites for hydroxylation is 2. The lowest BCUT2D eigenvalue weighted by Gasteiger charge is -2.26. The Labute approximate surface area is 176 Å². The zero-order chi connectivity index (χ0) is 20.8. The number of benzene rings is 1. The molecule has 0 radical (unpaired) electrons. The smallest absolute Gasteiger partial charge is 0.257 e. The number of ether oxygens (including phenoxy) is 1. The second-order valence-corrected chi connectivity index (χ2v) is 8.49. The second kappa shape index (κ2) is 10.1. The highest BCUT2D eigenvalue weighted by molar-refractivity contribution is 7.99. The maximum absolute atomic E-state index is 12.9. The molecule has 2 heterocycles. The molecule has 1 aliphatic rings. The van der Waals surface area contributed by atoms with E-state index in [2.05, 4.69) is 36.2 Å². The van der Waals surface area contributed by atoms with Gasteiger partial charge in [0, 0.05) is 50.0 Å². The van der Waals surface area contributed by atoms with Crippen LogP contribution in [0.15, 0.2) is 34.2 Å². The number of amides is 1. The molecule has 0 spiro atoms. The van der Waals surface area contributed by atoms with E-state index in [1.165, 1.54) is 17.3 Å². The van der Waals surface area contributed by atoms with Gasteiger partial charge < -0.3 is 9.64 Å². The summed E-state index contributed by atoms with van der Waals surface area (Å²) >= 11 is 1.54. The van der Waals surface area contributed by atoms with Crippen molar-refractivity contribution >= 4 is 17.7 Å². The largest absolute Gasteiger partial charge is 0.378 e. The van der Waals surface area contributed by atoms with Crippen molar-refractivity contribution in [3.63, 3.8) is 0 Å². The monoisotopic (exact) mass is 415 g/mol. The van der Waals surface area contributed by atoms with Gasteiger partial charge in [-0.25, -0.2) is 4.98 Å². The van der Waals surface area contributed by atoms with Crippen molar-refractivity contribution < 1.29 is 9.53 Å². The number of hydrogen-bond donors (Lipinski definition) is 0. The molecule has 2 aromatic rings. The summed E-state index contributed by atoms with van der Waals surface area (Å²) in [5.74, 6) is 0.938. The minimum atomic E-state index is 0.00460. The number of aromatic nitrogens is 2. The average molecular weight is 416 g/mol. The molecule has 29 heavy (non-hydrogen) atoms. The molecule has 0 N–H and O–H groups in total. The van der Waals surface area contributed by atoms with Crippen LogP contribution in [-0.2, 0) is 23.0 Å². The summed E-state index contributed by atoms with van der Waals surface area (Å²) in [5, 5.41) is 0.707. The van der Waals surface area contributed by atoms with Crippen LogP contribution in [0, 0.1) is 13.8 Å². The number of morpholine rings is 1. The van der Waals surface area contributed by atoms with Crippen molar-refractivity contribution in [3.05, 3.63) is 57.0 Å². The van der Waals surface area contributed by atoms with Crippen LogP contribution in [0.1, 0.15) is 35.2 Å². The first-order chi connectivity index (χ1) is 14.0. The third kappa shape index (κ3) is 5.70. The van der Waals surface area contributed by atoms with Gasteiger partial charge in [-0.2, -0.15) is 0 Å². The molecule has 0 unspecified atom stereocenters. The zero-order valence-electron chi connectivity index (χ0n) is 17.4. The summed E-state index contributed by atoms with van der Waals surface area (Å²) < 4.78 is 6.91. The van der Waals surface area contributed by atoms with Gasteiger partial charge in [0.2, 0.25) is 5.91 Å². The predicted octanol–water partition coefficient (Wildman–Crippen LogP) is 2.72. The highest BCUT2D eigenvalue weighted by Crippen LogP contribution is 2.18. The van der Waals surface area contributed by atoms with E-state index in [-0.39, 0.29) is 11.5 Å². The van der Waals surface area contributed by atoms with E-state index in [1.807, 2.05) is 11.8 Å². The third-order valence-electron chi connectivity index (χ3n) is 5.18. The van der Waals surface area contributed by atoms with Gasteiger partial charge in [0.15, 0.2) is 5.16 Å². The molecule has 1 saturated heterocycles. The topological polar surface area (TPSA) is 64.4 Å².